The molecule has 1 rings (SSSR count). The molecule has 1 heterocycles. The first kappa shape index (κ1) is 17.2. The topological polar surface area (TPSA) is 21.3 Å². The molecule has 1 atom stereocenters. The maximum Gasteiger partial charge on any atom is 0.0804 e. The lowest BCUT2D eigenvalue weighted by Gasteiger charge is -2.37. The first-order chi connectivity index (χ1) is 7.83. The SMILES string of the molecule is CCCCCCCCC1(CC)CNCCO1.Cl. The minimum Gasteiger partial charge on any atom is -0.372 e. The van der Waals surface area contributed by atoms with Crippen LogP contribution in [0.4, 0.5) is 0 Å². The van der Waals surface area contributed by atoms with E-state index in [1.165, 1.54) is 44.9 Å². The standard InChI is InChI=1S/C14H29NO.ClH/c1-3-5-6-7-8-9-10-14(4-2)13-15-11-12-16-14;/h15H,3-13H2,1-2H3;1H. The van der Waals surface area contributed by atoms with Gasteiger partial charge >= 0.3 is 0 Å². The van der Waals surface area contributed by atoms with Gasteiger partial charge in [0.15, 0.2) is 0 Å². The number of rotatable bonds is 8. The summed E-state index contributed by atoms with van der Waals surface area (Å²) in [6.07, 6.45) is 10.7. The van der Waals surface area contributed by atoms with Crippen molar-refractivity contribution in [3.63, 3.8) is 0 Å². The molecule has 1 unspecified atom stereocenters. The van der Waals surface area contributed by atoms with E-state index in [4.69, 9.17) is 4.74 Å². The van der Waals surface area contributed by atoms with E-state index in [0.29, 0.717) is 0 Å². The molecule has 0 amide bonds. The normalized spacial score (nSPS) is 24.4. The lowest BCUT2D eigenvalue weighted by molar-refractivity contribution is -0.0748. The van der Waals surface area contributed by atoms with Crippen LogP contribution in [-0.2, 0) is 4.74 Å². The molecule has 0 spiro atoms. The Kier molecular flexibility index (Phi) is 10.3. The number of nitrogens with one attached hydrogen (secondary N) is 1. The van der Waals surface area contributed by atoms with E-state index >= 15 is 0 Å². The Morgan fingerprint density at radius 1 is 1.06 bits per heavy atom. The molecule has 1 N–H and O–H groups in total. The van der Waals surface area contributed by atoms with Crippen molar-refractivity contribution in [1.82, 2.24) is 5.32 Å². The fourth-order valence-corrected chi connectivity index (χ4v) is 2.50. The van der Waals surface area contributed by atoms with E-state index in [1.807, 2.05) is 0 Å². The van der Waals surface area contributed by atoms with E-state index in [2.05, 4.69) is 19.2 Å². The molecule has 2 nitrogen and oxygen atoms in total. The largest absolute Gasteiger partial charge is 0.372 e. The van der Waals surface area contributed by atoms with Crippen molar-refractivity contribution in [2.24, 2.45) is 0 Å². The average Bonchev–Trinajstić information content (AvgIpc) is 2.35. The summed E-state index contributed by atoms with van der Waals surface area (Å²) in [6.45, 7) is 7.50. The quantitative estimate of drug-likeness (QED) is 0.670. The van der Waals surface area contributed by atoms with Gasteiger partial charge in [-0.15, -0.1) is 12.4 Å². The van der Waals surface area contributed by atoms with Crippen molar-refractivity contribution in [1.29, 1.82) is 0 Å². The number of halogens is 1. The van der Waals surface area contributed by atoms with Crippen LogP contribution in [0.3, 0.4) is 0 Å². The second-order valence-corrected chi connectivity index (χ2v) is 5.08. The molecular formula is C14H30ClNO. The Bertz CT molecular complexity index is 170. The molecule has 1 aliphatic heterocycles. The van der Waals surface area contributed by atoms with Crippen LogP contribution >= 0.6 is 12.4 Å². The molecule has 3 heteroatoms. The van der Waals surface area contributed by atoms with E-state index < -0.39 is 0 Å². The van der Waals surface area contributed by atoms with Gasteiger partial charge in [-0.1, -0.05) is 52.4 Å². The number of morpholine rings is 1. The molecule has 1 fully saturated rings. The average molecular weight is 264 g/mol. The molecule has 0 bridgehead atoms. The summed E-state index contributed by atoms with van der Waals surface area (Å²) in [5.41, 5.74) is 0.156. The van der Waals surface area contributed by atoms with Crippen molar-refractivity contribution < 1.29 is 4.74 Å². The second-order valence-electron chi connectivity index (χ2n) is 5.08. The minimum atomic E-state index is 0. The Morgan fingerprint density at radius 3 is 2.35 bits per heavy atom. The smallest absolute Gasteiger partial charge is 0.0804 e. The summed E-state index contributed by atoms with van der Waals surface area (Å²) in [6, 6.07) is 0. The van der Waals surface area contributed by atoms with Crippen LogP contribution in [0.5, 0.6) is 0 Å². The summed E-state index contributed by atoms with van der Waals surface area (Å²) < 4.78 is 5.98. The number of unbranched alkanes of at least 4 members (excludes halogenated alkanes) is 5. The van der Waals surface area contributed by atoms with Gasteiger partial charge in [-0.2, -0.15) is 0 Å². The summed E-state index contributed by atoms with van der Waals surface area (Å²) in [7, 11) is 0. The van der Waals surface area contributed by atoms with Gasteiger partial charge in [-0.25, -0.2) is 0 Å². The van der Waals surface area contributed by atoms with Crippen LogP contribution in [0.2, 0.25) is 0 Å². The lowest BCUT2D eigenvalue weighted by atomic mass is 9.91. The third-order valence-corrected chi connectivity index (χ3v) is 3.76. The van der Waals surface area contributed by atoms with E-state index in [1.54, 1.807) is 0 Å². The Morgan fingerprint density at radius 2 is 1.76 bits per heavy atom. The Balaban J connectivity index is 0.00000256. The molecular weight excluding hydrogens is 234 g/mol. The van der Waals surface area contributed by atoms with Crippen molar-refractivity contribution >= 4 is 12.4 Å². The fourth-order valence-electron chi connectivity index (χ4n) is 2.50. The zero-order valence-corrected chi connectivity index (χ0v) is 12.4. The van der Waals surface area contributed by atoms with Gasteiger partial charge in [0.05, 0.1) is 12.2 Å². The highest BCUT2D eigenvalue weighted by atomic mass is 35.5. The summed E-state index contributed by atoms with van der Waals surface area (Å²) in [5, 5.41) is 3.46. The van der Waals surface area contributed by atoms with Crippen molar-refractivity contribution in [3.05, 3.63) is 0 Å². The fraction of sp³-hybridized carbons (Fsp3) is 1.00. The van der Waals surface area contributed by atoms with Crippen molar-refractivity contribution in [2.45, 2.75) is 70.8 Å². The molecule has 104 valence electrons. The predicted octanol–water partition coefficient (Wildman–Crippen LogP) is 3.93. The van der Waals surface area contributed by atoms with Crippen molar-refractivity contribution in [3.8, 4) is 0 Å². The number of hydrogen-bond acceptors (Lipinski definition) is 2. The van der Waals surface area contributed by atoms with Gasteiger partial charge in [-0.3, -0.25) is 0 Å². The first-order valence-corrected chi connectivity index (χ1v) is 7.17. The first-order valence-electron chi connectivity index (χ1n) is 7.17. The Labute approximate surface area is 113 Å². The van der Waals surface area contributed by atoms with E-state index in [9.17, 15) is 0 Å². The zero-order valence-electron chi connectivity index (χ0n) is 11.6. The maximum absolute atomic E-state index is 5.98. The molecule has 0 aromatic heterocycles. The molecule has 0 aromatic rings. The van der Waals surface area contributed by atoms with Crippen LogP contribution in [0.25, 0.3) is 0 Å². The van der Waals surface area contributed by atoms with E-state index in [0.717, 1.165) is 26.1 Å². The summed E-state index contributed by atoms with van der Waals surface area (Å²) >= 11 is 0. The van der Waals surface area contributed by atoms with Crippen molar-refractivity contribution in [2.75, 3.05) is 19.7 Å². The third kappa shape index (κ3) is 6.64. The van der Waals surface area contributed by atoms with Gasteiger partial charge in [-0.05, 0) is 12.8 Å². The lowest BCUT2D eigenvalue weighted by Crippen LogP contribution is -2.49. The van der Waals surface area contributed by atoms with Crippen LogP contribution in [0.15, 0.2) is 0 Å². The minimum absolute atomic E-state index is 0. The highest BCUT2D eigenvalue weighted by Crippen LogP contribution is 2.25. The van der Waals surface area contributed by atoms with Crippen LogP contribution < -0.4 is 5.32 Å². The molecule has 0 aromatic carbocycles. The third-order valence-electron chi connectivity index (χ3n) is 3.76. The summed E-state index contributed by atoms with van der Waals surface area (Å²) in [5.74, 6) is 0. The van der Waals surface area contributed by atoms with Gasteiger partial charge in [0.2, 0.25) is 0 Å². The second kappa shape index (κ2) is 10.2. The Hall–Kier alpha value is 0.210. The molecule has 1 aliphatic rings. The molecule has 0 saturated carbocycles. The van der Waals surface area contributed by atoms with E-state index in [-0.39, 0.29) is 18.0 Å². The highest BCUT2D eigenvalue weighted by molar-refractivity contribution is 5.85. The zero-order chi connectivity index (χ0) is 11.7. The van der Waals surface area contributed by atoms with Gasteiger partial charge < -0.3 is 10.1 Å². The van der Waals surface area contributed by atoms with Gasteiger partial charge in [0.1, 0.15) is 0 Å². The molecule has 1 saturated heterocycles. The monoisotopic (exact) mass is 263 g/mol. The molecule has 0 aliphatic carbocycles. The number of ether oxygens (including phenoxy) is 1. The van der Waals surface area contributed by atoms with Crippen LogP contribution in [0, 0.1) is 0 Å². The number of hydrogen-bond donors (Lipinski definition) is 1. The highest BCUT2D eigenvalue weighted by Gasteiger charge is 2.30. The molecule has 17 heavy (non-hydrogen) atoms. The summed E-state index contributed by atoms with van der Waals surface area (Å²) in [4.78, 5) is 0. The van der Waals surface area contributed by atoms with Crippen LogP contribution in [0.1, 0.15) is 65.2 Å². The van der Waals surface area contributed by atoms with Gasteiger partial charge in [0, 0.05) is 13.1 Å². The maximum atomic E-state index is 5.98. The van der Waals surface area contributed by atoms with Crippen LogP contribution in [-0.4, -0.2) is 25.3 Å². The predicted molar refractivity (Wildman–Crippen MR) is 77.1 cm³/mol. The van der Waals surface area contributed by atoms with Gasteiger partial charge in [0.25, 0.3) is 0 Å². The molecule has 0 radical (unpaired) electrons.